The summed E-state index contributed by atoms with van der Waals surface area (Å²) < 4.78 is 58.4. The molecule has 1 spiro atoms. The van der Waals surface area contributed by atoms with Crippen LogP contribution in [0.25, 0.3) is 10.8 Å². The van der Waals surface area contributed by atoms with Gasteiger partial charge in [-0.1, -0.05) is 52.0 Å². The van der Waals surface area contributed by atoms with Crippen LogP contribution >= 0.6 is 0 Å². The summed E-state index contributed by atoms with van der Waals surface area (Å²) in [5, 5.41) is 50.5. The van der Waals surface area contributed by atoms with E-state index in [-0.39, 0.29) is 88.7 Å². The highest BCUT2D eigenvalue weighted by atomic mass is 19.4. The van der Waals surface area contributed by atoms with E-state index in [0.717, 1.165) is 12.6 Å². The number of anilines is 2. The number of nitrogens with one attached hydrogen (secondary N) is 1. The van der Waals surface area contributed by atoms with Crippen molar-refractivity contribution in [2.45, 2.75) is 129 Å². The minimum absolute atomic E-state index is 0.0180. The van der Waals surface area contributed by atoms with Crippen LogP contribution in [0.3, 0.4) is 0 Å². The molecule has 5 bridgehead atoms. The third-order valence-electron chi connectivity index (χ3n) is 15.1. The van der Waals surface area contributed by atoms with Gasteiger partial charge in [-0.2, -0.15) is 13.2 Å². The van der Waals surface area contributed by atoms with Crippen molar-refractivity contribution in [2.24, 2.45) is 27.7 Å². The Morgan fingerprint density at radius 2 is 1.72 bits per heavy atom. The molecule has 2 aromatic carbocycles. The number of fused-ring (bicyclic) bond motifs is 13. The highest BCUT2D eigenvalue weighted by Gasteiger charge is 2.50. The number of hydrogen-bond acceptors (Lipinski definition) is 16. The molecule has 6 aliphatic heterocycles. The second kappa shape index (κ2) is 22.2. The van der Waals surface area contributed by atoms with Gasteiger partial charge < -0.3 is 54.7 Å². The first-order valence-corrected chi connectivity index (χ1v) is 26.0. The fourth-order valence-corrected chi connectivity index (χ4v) is 10.7. The second-order valence-electron chi connectivity index (χ2n) is 21.3. The molecule has 2 saturated heterocycles. The molecule has 2 fully saturated rings. The van der Waals surface area contributed by atoms with Crippen LogP contribution in [0.5, 0.6) is 17.2 Å². The standard InChI is InChI=1S/C55H68F3N7O11/c1-30(2)29-63-22-18-54(19-23-63)61-44-41-42-48(70)34(6)50-43(41)51(72)53(7,76-50)74-26-9-8-15-35(27-36(66)33(5)47(69)31(3)13-10-14-32(4)52(73)60-46(49(42)71)45(44)62-54)75-40(68)28-39(67)65-21-12-20-64(24-25-65)38-17-11-16-37(59-38)55(56,57)58/h9-11,13-14,16-17,26,30-31,33,35-36,47,61,66,69-71H,8,12,15,18-25,27-29H2,1-7H3/b13-10+,26-9+,32-14-,60-46?/t31?,33-,35+,36?,47-,53-/m0/s1. The molecule has 410 valence electrons. The van der Waals surface area contributed by atoms with Crippen LogP contribution in [0.4, 0.5) is 24.7 Å². The maximum Gasteiger partial charge on any atom is 0.433 e. The number of Topliss-reactive ketones (excluding diaryl/α,β-unsaturated/α-hetero) is 1. The molecule has 76 heavy (non-hydrogen) atoms. The van der Waals surface area contributed by atoms with Gasteiger partial charge in [-0.25, -0.2) is 9.98 Å². The van der Waals surface area contributed by atoms with Crippen molar-refractivity contribution in [3.05, 3.63) is 81.9 Å². The minimum atomic E-state index is -4.62. The van der Waals surface area contributed by atoms with E-state index in [2.05, 4.69) is 34.0 Å². The van der Waals surface area contributed by atoms with Gasteiger partial charge in [-0.05, 0) is 57.2 Å². The van der Waals surface area contributed by atoms with Gasteiger partial charge >= 0.3 is 17.9 Å². The highest BCUT2D eigenvalue weighted by molar-refractivity contribution is 6.21. The van der Waals surface area contributed by atoms with E-state index in [9.17, 15) is 52.8 Å². The molecule has 2 amide bonds. The Hall–Kier alpha value is -6.58. The number of phenols is 2. The van der Waals surface area contributed by atoms with Gasteiger partial charge in [0.2, 0.25) is 5.91 Å². The molecule has 6 aliphatic rings. The summed E-state index contributed by atoms with van der Waals surface area (Å²) in [6.07, 6.45) is 0.594. The largest absolute Gasteiger partial charge is 0.507 e. The Kier molecular flexibility index (Phi) is 16.2. The van der Waals surface area contributed by atoms with Crippen molar-refractivity contribution in [1.82, 2.24) is 14.8 Å². The number of ether oxygens (including phenoxy) is 3. The zero-order chi connectivity index (χ0) is 55.0. The number of carbonyl (C=O) groups excluding carboxylic acids is 4. The highest BCUT2D eigenvalue weighted by Crippen LogP contribution is 2.51. The average Bonchev–Trinajstić information content (AvgIpc) is 3.78. The van der Waals surface area contributed by atoms with E-state index in [0.29, 0.717) is 50.5 Å². The third-order valence-corrected chi connectivity index (χ3v) is 15.1. The number of carbonyl (C=O) groups is 4. The molecule has 3 aromatic rings. The fraction of sp³-hybridized carbons (Fsp3) is 0.545. The van der Waals surface area contributed by atoms with E-state index in [4.69, 9.17) is 19.2 Å². The molecular weight excluding hydrogens is 992 g/mol. The first-order valence-electron chi connectivity index (χ1n) is 26.0. The van der Waals surface area contributed by atoms with Crippen molar-refractivity contribution >= 4 is 45.8 Å². The number of rotatable bonds is 6. The molecule has 6 atom stereocenters. The Bertz CT molecular complexity index is 2990. The topological polar surface area (TPSA) is 236 Å². The summed E-state index contributed by atoms with van der Waals surface area (Å²) in [5.41, 5.74) is -1.33. The summed E-state index contributed by atoms with van der Waals surface area (Å²) in [7, 11) is 0. The maximum atomic E-state index is 14.8. The van der Waals surface area contributed by atoms with Crippen LogP contribution < -0.4 is 25.7 Å². The molecule has 1 aromatic heterocycles. The van der Waals surface area contributed by atoms with Gasteiger partial charge in [0.05, 0.1) is 35.1 Å². The number of allylic oxidation sites excluding steroid dienone is 3. The molecule has 5 N–H and O–H groups in total. The van der Waals surface area contributed by atoms with Crippen molar-refractivity contribution < 1.29 is 67.0 Å². The molecular formula is C55H68F3N7O11. The molecule has 0 aliphatic carbocycles. The van der Waals surface area contributed by atoms with Gasteiger partial charge in [0, 0.05) is 100 Å². The van der Waals surface area contributed by atoms with Crippen LogP contribution in [-0.4, -0.2) is 134 Å². The quantitative estimate of drug-likeness (QED) is 0.106. The number of aromatic hydroxyl groups is 2. The van der Waals surface area contributed by atoms with E-state index >= 15 is 0 Å². The predicted molar refractivity (Wildman–Crippen MR) is 274 cm³/mol. The van der Waals surface area contributed by atoms with Crippen LogP contribution in [0.15, 0.2) is 64.3 Å². The number of esters is 1. The molecule has 21 heteroatoms. The molecule has 7 heterocycles. The Morgan fingerprint density at radius 3 is 2.43 bits per heavy atom. The summed E-state index contributed by atoms with van der Waals surface area (Å²) in [6, 6.07) is 3.63. The number of ketones is 1. The third kappa shape index (κ3) is 11.6. The lowest BCUT2D eigenvalue weighted by Gasteiger charge is -2.38. The summed E-state index contributed by atoms with van der Waals surface area (Å²) in [6.45, 7) is 15.3. The van der Waals surface area contributed by atoms with Gasteiger partial charge in [-0.3, -0.25) is 24.2 Å². The fourth-order valence-electron chi connectivity index (χ4n) is 10.7. The van der Waals surface area contributed by atoms with Crippen molar-refractivity contribution in [3.63, 3.8) is 0 Å². The monoisotopic (exact) mass is 1060 g/mol. The number of piperidine rings is 1. The second-order valence-corrected chi connectivity index (χ2v) is 21.3. The number of pyridine rings is 1. The normalized spacial score (nSPS) is 27.2. The number of halogens is 3. The van der Waals surface area contributed by atoms with Crippen molar-refractivity contribution in [2.75, 3.05) is 56.0 Å². The lowest BCUT2D eigenvalue weighted by molar-refractivity contribution is -0.155. The lowest BCUT2D eigenvalue weighted by Crippen LogP contribution is -2.47. The van der Waals surface area contributed by atoms with Crippen molar-refractivity contribution in [3.8, 4) is 17.2 Å². The van der Waals surface area contributed by atoms with E-state index in [1.54, 1.807) is 37.0 Å². The molecule has 0 radical (unpaired) electrons. The Morgan fingerprint density at radius 1 is 0.987 bits per heavy atom. The summed E-state index contributed by atoms with van der Waals surface area (Å²) >= 11 is 0. The number of nitrogens with zero attached hydrogens (tertiary/aromatic N) is 6. The number of aliphatic hydroxyl groups is 2. The Labute approximate surface area is 438 Å². The number of aliphatic hydroxyl groups excluding tert-OH is 2. The number of hydrogen-bond donors (Lipinski definition) is 5. The number of alkyl halides is 3. The molecule has 18 nitrogen and oxygen atoms in total. The molecule has 9 rings (SSSR count). The lowest BCUT2D eigenvalue weighted by atomic mass is 9.86. The van der Waals surface area contributed by atoms with Gasteiger partial charge in [0.25, 0.3) is 11.7 Å². The maximum absolute atomic E-state index is 14.8. The number of benzene rings is 2. The minimum Gasteiger partial charge on any atom is -0.507 e. The van der Waals surface area contributed by atoms with Crippen LogP contribution in [0.2, 0.25) is 0 Å². The first-order chi connectivity index (χ1) is 35.9. The van der Waals surface area contributed by atoms with Gasteiger partial charge in [0.15, 0.2) is 5.75 Å². The number of phenolic OH excluding ortho intramolecular Hbond substituents is 2. The zero-order valence-electron chi connectivity index (χ0n) is 43.9. The summed E-state index contributed by atoms with van der Waals surface area (Å²) in [4.78, 5) is 74.5. The molecule has 0 saturated carbocycles. The Balaban J connectivity index is 1.07. The molecule has 2 unspecified atom stereocenters. The number of amides is 2. The van der Waals surface area contributed by atoms with Crippen LogP contribution in [-0.2, 0) is 30.0 Å². The SMILES string of the molecule is C/C1=C/C=C/C(C)[C@H](O)[C@@H](C)C(O)C[C@H](OC(=O)CC(=O)N2CCCN(c3cccc(C(F)(F)F)n3)CC2)CC/C=C/O[C@@]2(C)Oc3c(C)c(O)c4c(O)c(c5c(c4c3C2=O)NC2(CCN(CC(C)C)CC2)N=5)=NC1=O. The summed E-state index contributed by atoms with van der Waals surface area (Å²) in [5.74, 6) is -6.49. The number of likely N-dealkylation sites (tertiary alicyclic amines) is 1. The van der Waals surface area contributed by atoms with E-state index < -0.39 is 95.0 Å². The smallest absolute Gasteiger partial charge is 0.433 e. The first kappa shape index (κ1) is 55.6. The van der Waals surface area contributed by atoms with E-state index in [1.807, 2.05) is 0 Å². The predicted octanol–water partition coefficient (Wildman–Crippen LogP) is 6.16. The van der Waals surface area contributed by atoms with Crippen LogP contribution in [0, 0.1) is 24.7 Å². The zero-order valence-corrected chi connectivity index (χ0v) is 43.9. The number of aromatic nitrogens is 1. The van der Waals surface area contributed by atoms with E-state index in [1.165, 1.54) is 50.1 Å². The van der Waals surface area contributed by atoms with Crippen LogP contribution in [0.1, 0.15) is 108 Å². The average molecular weight is 1060 g/mol. The van der Waals surface area contributed by atoms with Gasteiger partial charge in [0.1, 0.15) is 51.9 Å². The van der Waals surface area contributed by atoms with Gasteiger partial charge in [-0.15, -0.1) is 0 Å². The van der Waals surface area contributed by atoms with Crippen molar-refractivity contribution in [1.29, 1.82) is 0 Å².